The van der Waals surface area contributed by atoms with Gasteiger partial charge in [-0.1, -0.05) is 163 Å². The Morgan fingerprint density at radius 2 is 0.780 bits per heavy atom. The second-order valence-electron chi connectivity index (χ2n) is 15.4. The molecule has 0 fully saturated rings. The van der Waals surface area contributed by atoms with Crippen molar-refractivity contribution in [3.8, 4) is 0 Å². The minimum Gasteiger partial charge on any atom is -0.464 e. The standard InChI is InChI=1S/C43H84N2O5/c1-8-12-16-20-24-28-39(29-25-21-17-13-9-2)42(47)49-36-34-45(41(46)38(5)32-33-44(6)7)35-37-50-43(48)40(30-26-22-18-14-10-3)31-27-23-19-15-11-4/h38-40H,8-37H2,1-7H3. The Hall–Kier alpha value is -1.63. The largest absolute Gasteiger partial charge is 0.464 e. The molecule has 0 spiro atoms. The molecule has 0 rings (SSSR count). The molecule has 296 valence electrons. The number of carbonyl (C=O) groups is 3. The van der Waals surface area contributed by atoms with Gasteiger partial charge < -0.3 is 19.3 Å². The zero-order valence-corrected chi connectivity index (χ0v) is 34.4. The maximum absolute atomic E-state index is 13.6. The van der Waals surface area contributed by atoms with Gasteiger partial charge in [0, 0.05) is 5.92 Å². The normalized spacial score (nSPS) is 12.2. The molecular weight excluding hydrogens is 624 g/mol. The summed E-state index contributed by atoms with van der Waals surface area (Å²) >= 11 is 0. The van der Waals surface area contributed by atoms with E-state index in [4.69, 9.17) is 9.47 Å². The van der Waals surface area contributed by atoms with Gasteiger partial charge in [0.1, 0.15) is 13.2 Å². The molecule has 0 aromatic carbocycles. The molecule has 0 radical (unpaired) electrons. The first kappa shape index (κ1) is 48.4. The first-order chi connectivity index (χ1) is 24.2. The van der Waals surface area contributed by atoms with Crippen LogP contribution in [0.3, 0.4) is 0 Å². The van der Waals surface area contributed by atoms with Gasteiger partial charge in [0.25, 0.3) is 0 Å². The fourth-order valence-electron chi connectivity index (χ4n) is 6.70. The third-order valence-electron chi connectivity index (χ3n) is 10.2. The van der Waals surface area contributed by atoms with Crippen LogP contribution in [-0.2, 0) is 23.9 Å². The van der Waals surface area contributed by atoms with Crippen molar-refractivity contribution in [2.45, 2.75) is 195 Å². The quantitative estimate of drug-likeness (QED) is 0.0476. The fraction of sp³-hybridized carbons (Fsp3) is 0.930. The lowest BCUT2D eigenvalue weighted by molar-refractivity contribution is -0.153. The molecule has 0 saturated carbocycles. The Morgan fingerprint density at radius 3 is 1.08 bits per heavy atom. The van der Waals surface area contributed by atoms with Gasteiger partial charge in [-0.05, 0) is 52.7 Å². The molecule has 0 bridgehead atoms. The molecule has 0 aliphatic heterocycles. The van der Waals surface area contributed by atoms with E-state index in [-0.39, 0.29) is 48.8 Å². The van der Waals surface area contributed by atoms with E-state index in [0.29, 0.717) is 13.1 Å². The summed E-state index contributed by atoms with van der Waals surface area (Å²) in [5.74, 6) is -0.494. The van der Waals surface area contributed by atoms with E-state index in [1.54, 1.807) is 4.90 Å². The van der Waals surface area contributed by atoms with Gasteiger partial charge in [-0.15, -0.1) is 0 Å². The SMILES string of the molecule is CCCCCCCC(CCCCCCC)C(=O)OCCN(CCOC(=O)C(CCCCCCC)CCCCCCC)C(=O)C(C)CCN(C)C. The molecule has 7 heteroatoms. The Balaban J connectivity index is 5.32. The Kier molecular flexibility index (Phi) is 33.3. The first-order valence-electron chi connectivity index (χ1n) is 21.5. The van der Waals surface area contributed by atoms with Crippen LogP contribution in [0.4, 0.5) is 0 Å². The summed E-state index contributed by atoms with van der Waals surface area (Å²) in [6.45, 7) is 12.7. The second-order valence-corrected chi connectivity index (χ2v) is 15.4. The Labute approximate surface area is 310 Å². The van der Waals surface area contributed by atoms with Gasteiger partial charge >= 0.3 is 11.9 Å². The second kappa shape index (κ2) is 34.5. The van der Waals surface area contributed by atoms with Crippen LogP contribution >= 0.6 is 0 Å². The molecule has 0 saturated heterocycles. The first-order valence-corrected chi connectivity index (χ1v) is 21.5. The van der Waals surface area contributed by atoms with Gasteiger partial charge in [0.05, 0.1) is 24.9 Å². The van der Waals surface area contributed by atoms with Crippen molar-refractivity contribution < 1.29 is 23.9 Å². The van der Waals surface area contributed by atoms with E-state index in [1.807, 2.05) is 21.0 Å². The topological polar surface area (TPSA) is 76.1 Å². The highest BCUT2D eigenvalue weighted by Crippen LogP contribution is 2.22. The van der Waals surface area contributed by atoms with E-state index >= 15 is 0 Å². The highest BCUT2D eigenvalue weighted by Gasteiger charge is 2.25. The van der Waals surface area contributed by atoms with E-state index in [9.17, 15) is 14.4 Å². The van der Waals surface area contributed by atoms with Crippen molar-refractivity contribution in [2.75, 3.05) is 46.9 Å². The number of rotatable bonds is 36. The molecule has 0 aromatic rings. The third-order valence-corrected chi connectivity index (χ3v) is 10.2. The van der Waals surface area contributed by atoms with Crippen LogP contribution in [0.15, 0.2) is 0 Å². The fourth-order valence-corrected chi connectivity index (χ4v) is 6.70. The van der Waals surface area contributed by atoms with Crippen LogP contribution in [0.2, 0.25) is 0 Å². The number of esters is 2. The Bertz CT molecular complexity index is 726. The van der Waals surface area contributed by atoms with Crippen LogP contribution in [-0.4, -0.2) is 74.6 Å². The highest BCUT2D eigenvalue weighted by molar-refractivity contribution is 5.78. The van der Waals surface area contributed by atoms with E-state index < -0.39 is 0 Å². The lowest BCUT2D eigenvalue weighted by Crippen LogP contribution is -2.41. The van der Waals surface area contributed by atoms with Crippen LogP contribution in [0.25, 0.3) is 0 Å². The molecule has 7 nitrogen and oxygen atoms in total. The van der Waals surface area contributed by atoms with E-state index in [1.165, 1.54) is 77.0 Å². The summed E-state index contributed by atoms with van der Waals surface area (Å²) in [6, 6.07) is 0. The molecule has 0 aliphatic carbocycles. The summed E-state index contributed by atoms with van der Waals surface area (Å²) < 4.78 is 11.8. The van der Waals surface area contributed by atoms with Crippen LogP contribution < -0.4 is 0 Å². The Morgan fingerprint density at radius 1 is 0.460 bits per heavy atom. The van der Waals surface area contributed by atoms with Gasteiger partial charge in [0.15, 0.2) is 0 Å². The molecule has 1 atom stereocenters. The minimum absolute atomic E-state index is 0.0331. The lowest BCUT2D eigenvalue weighted by atomic mass is 9.94. The average molecular weight is 709 g/mol. The number of amides is 1. The molecule has 0 aromatic heterocycles. The van der Waals surface area contributed by atoms with E-state index in [2.05, 4.69) is 32.6 Å². The molecule has 0 heterocycles. The molecule has 0 aliphatic rings. The summed E-state index contributed by atoms with van der Waals surface area (Å²) in [5.41, 5.74) is 0. The monoisotopic (exact) mass is 709 g/mol. The summed E-state index contributed by atoms with van der Waals surface area (Å²) in [7, 11) is 4.03. The number of hydrogen-bond acceptors (Lipinski definition) is 6. The predicted molar refractivity (Wildman–Crippen MR) is 211 cm³/mol. The highest BCUT2D eigenvalue weighted by atomic mass is 16.5. The van der Waals surface area contributed by atoms with Crippen molar-refractivity contribution in [2.24, 2.45) is 17.8 Å². The average Bonchev–Trinajstić information content (AvgIpc) is 3.10. The zero-order chi connectivity index (χ0) is 37.2. The smallest absolute Gasteiger partial charge is 0.308 e. The third kappa shape index (κ3) is 27.1. The molecule has 1 amide bonds. The lowest BCUT2D eigenvalue weighted by Gasteiger charge is -2.27. The van der Waals surface area contributed by atoms with Crippen molar-refractivity contribution in [3.63, 3.8) is 0 Å². The molecule has 50 heavy (non-hydrogen) atoms. The predicted octanol–water partition coefficient (Wildman–Crippen LogP) is 11.2. The number of unbranched alkanes of at least 4 members (excludes halogenated alkanes) is 16. The van der Waals surface area contributed by atoms with Crippen molar-refractivity contribution >= 4 is 17.8 Å². The van der Waals surface area contributed by atoms with E-state index in [0.717, 1.165) is 90.0 Å². The van der Waals surface area contributed by atoms with Crippen LogP contribution in [0, 0.1) is 17.8 Å². The molecule has 1 unspecified atom stereocenters. The zero-order valence-electron chi connectivity index (χ0n) is 34.4. The van der Waals surface area contributed by atoms with Gasteiger partial charge in [0.2, 0.25) is 5.91 Å². The van der Waals surface area contributed by atoms with Crippen LogP contribution in [0.5, 0.6) is 0 Å². The molecular formula is C43H84N2O5. The number of nitrogens with zero attached hydrogens (tertiary/aromatic N) is 2. The van der Waals surface area contributed by atoms with Gasteiger partial charge in [-0.3, -0.25) is 14.4 Å². The maximum atomic E-state index is 13.6. The number of carbonyl (C=O) groups excluding carboxylic acids is 3. The van der Waals surface area contributed by atoms with Crippen molar-refractivity contribution in [1.82, 2.24) is 9.80 Å². The summed E-state index contributed by atoms with van der Waals surface area (Å²) in [5, 5.41) is 0. The molecule has 0 N–H and O–H groups in total. The maximum Gasteiger partial charge on any atom is 0.308 e. The van der Waals surface area contributed by atoms with Crippen molar-refractivity contribution in [1.29, 1.82) is 0 Å². The van der Waals surface area contributed by atoms with Crippen molar-refractivity contribution in [3.05, 3.63) is 0 Å². The minimum atomic E-state index is -0.165. The van der Waals surface area contributed by atoms with Gasteiger partial charge in [-0.2, -0.15) is 0 Å². The van der Waals surface area contributed by atoms with Gasteiger partial charge in [-0.25, -0.2) is 0 Å². The number of hydrogen-bond donors (Lipinski definition) is 0. The summed E-state index contributed by atoms with van der Waals surface area (Å²) in [6.07, 6.45) is 27.9. The van der Waals surface area contributed by atoms with Crippen LogP contribution in [0.1, 0.15) is 195 Å². The number of ether oxygens (including phenoxy) is 2. The summed E-state index contributed by atoms with van der Waals surface area (Å²) in [4.78, 5) is 44.1.